The van der Waals surface area contributed by atoms with Crippen molar-refractivity contribution in [1.29, 1.82) is 0 Å². The lowest BCUT2D eigenvalue weighted by Gasteiger charge is -2.07. The van der Waals surface area contributed by atoms with E-state index in [0.29, 0.717) is 46.0 Å². The van der Waals surface area contributed by atoms with Gasteiger partial charge in [0.15, 0.2) is 0 Å². The molecular formula is C24H21N3O5. The third-order valence-electron chi connectivity index (χ3n) is 4.55. The molecule has 0 unspecified atom stereocenters. The Balaban J connectivity index is 1.48. The van der Waals surface area contributed by atoms with Crippen molar-refractivity contribution in [2.75, 3.05) is 19.5 Å². The number of ether oxygens (including phenoxy) is 3. The second-order valence-corrected chi connectivity index (χ2v) is 6.86. The monoisotopic (exact) mass is 431 g/mol. The molecule has 1 amide bonds. The van der Waals surface area contributed by atoms with Gasteiger partial charge in [0, 0.05) is 29.8 Å². The molecule has 0 spiro atoms. The molecule has 1 aromatic heterocycles. The van der Waals surface area contributed by atoms with Crippen molar-refractivity contribution < 1.29 is 23.5 Å². The molecule has 0 aliphatic heterocycles. The number of aromatic nitrogens is 2. The third-order valence-corrected chi connectivity index (χ3v) is 4.55. The lowest BCUT2D eigenvalue weighted by atomic mass is 10.2. The Kier molecular flexibility index (Phi) is 6.03. The Bertz CT molecular complexity index is 1200. The van der Waals surface area contributed by atoms with Gasteiger partial charge in [-0.05, 0) is 60.7 Å². The highest BCUT2D eigenvalue weighted by Gasteiger charge is 2.13. The first kappa shape index (κ1) is 20.9. The summed E-state index contributed by atoms with van der Waals surface area (Å²) < 4.78 is 21.9. The first-order valence-corrected chi connectivity index (χ1v) is 9.77. The zero-order valence-corrected chi connectivity index (χ0v) is 17.8. The van der Waals surface area contributed by atoms with Crippen LogP contribution in [-0.4, -0.2) is 30.3 Å². The van der Waals surface area contributed by atoms with E-state index in [1.807, 2.05) is 24.3 Å². The molecule has 32 heavy (non-hydrogen) atoms. The summed E-state index contributed by atoms with van der Waals surface area (Å²) in [6.45, 7) is 1.46. The van der Waals surface area contributed by atoms with Crippen LogP contribution in [0.2, 0.25) is 0 Å². The highest BCUT2D eigenvalue weighted by molar-refractivity contribution is 5.88. The van der Waals surface area contributed by atoms with Crippen LogP contribution in [0.5, 0.6) is 23.0 Å². The number of nitrogens with zero attached hydrogens (tertiary/aromatic N) is 2. The number of carbonyl (C=O) groups excluding carboxylic acids is 1. The quantitative estimate of drug-likeness (QED) is 0.431. The molecule has 0 atom stereocenters. The molecule has 0 aliphatic carbocycles. The van der Waals surface area contributed by atoms with Crippen LogP contribution in [0.15, 0.2) is 71.3 Å². The van der Waals surface area contributed by atoms with E-state index < -0.39 is 0 Å². The van der Waals surface area contributed by atoms with Gasteiger partial charge < -0.3 is 24.1 Å². The van der Waals surface area contributed by atoms with Crippen LogP contribution >= 0.6 is 0 Å². The van der Waals surface area contributed by atoms with E-state index >= 15 is 0 Å². The van der Waals surface area contributed by atoms with Crippen molar-refractivity contribution >= 4 is 11.6 Å². The smallest absolute Gasteiger partial charge is 0.258 e. The number of carbonyl (C=O) groups is 1. The van der Waals surface area contributed by atoms with Crippen LogP contribution in [0.3, 0.4) is 0 Å². The standard InChI is InChI=1S/C24H21N3O5/c1-15(28)25-18-6-10-20(11-7-18)31-19-8-4-16(5-9-19)23-26-24(32-27-23)17-12-21(29-2)14-22(13-17)30-3/h4-14H,1-3H3,(H,25,28). The minimum Gasteiger partial charge on any atom is -0.497 e. The summed E-state index contributed by atoms with van der Waals surface area (Å²) in [5.41, 5.74) is 2.19. The summed E-state index contributed by atoms with van der Waals surface area (Å²) in [7, 11) is 3.16. The summed E-state index contributed by atoms with van der Waals surface area (Å²) in [5.74, 6) is 3.26. The number of amides is 1. The SMILES string of the molecule is COc1cc(OC)cc(-c2nc(-c3ccc(Oc4ccc(NC(C)=O)cc4)cc3)no2)c1. The highest BCUT2D eigenvalue weighted by Crippen LogP contribution is 2.31. The predicted octanol–water partition coefficient (Wildman–Crippen LogP) is 5.17. The molecule has 0 radical (unpaired) electrons. The van der Waals surface area contributed by atoms with E-state index in [1.54, 1.807) is 56.7 Å². The molecule has 0 saturated carbocycles. The second-order valence-electron chi connectivity index (χ2n) is 6.86. The number of anilines is 1. The highest BCUT2D eigenvalue weighted by atomic mass is 16.5. The maximum Gasteiger partial charge on any atom is 0.258 e. The van der Waals surface area contributed by atoms with Gasteiger partial charge in [-0.2, -0.15) is 4.98 Å². The molecule has 8 heteroatoms. The van der Waals surface area contributed by atoms with Gasteiger partial charge in [-0.1, -0.05) is 5.16 Å². The predicted molar refractivity (Wildman–Crippen MR) is 119 cm³/mol. The summed E-state index contributed by atoms with van der Waals surface area (Å²) in [6, 6.07) is 19.8. The molecule has 0 saturated heterocycles. The van der Waals surface area contributed by atoms with E-state index in [1.165, 1.54) is 6.92 Å². The molecule has 0 fully saturated rings. The molecule has 0 aliphatic rings. The van der Waals surface area contributed by atoms with E-state index in [9.17, 15) is 4.79 Å². The fourth-order valence-corrected chi connectivity index (χ4v) is 3.01. The van der Waals surface area contributed by atoms with Gasteiger partial charge in [-0.25, -0.2) is 0 Å². The molecule has 0 bridgehead atoms. The maximum atomic E-state index is 11.1. The first-order chi connectivity index (χ1) is 15.5. The Morgan fingerprint density at radius 3 is 1.97 bits per heavy atom. The van der Waals surface area contributed by atoms with Crippen LogP contribution in [0.1, 0.15) is 6.92 Å². The van der Waals surface area contributed by atoms with E-state index in [4.69, 9.17) is 18.7 Å². The Labute approximate surface area is 184 Å². The molecule has 162 valence electrons. The van der Waals surface area contributed by atoms with Crippen LogP contribution < -0.4 is 19.5 Å². The number of rotatable bonds is 7. The fraction of sp³-hybridized carbons (Fsp3) is 0.125. The first-order valence-electron chi connectivity index (χ1n) is 9.77. The van der Waals surface area contributed by atoms with Gasteiger partial charge in [-0.3, -0.25) is 4.79 Å². The lowest BCUT2D eigenvalue weighted by molar-refractivity contribution is -0.114. The van der Waals surface area contributed by atoms with Gasteiger partial charge in [0.1, 0.15) is 23.0 Å². The van der Waals surface area contributed by atoms with Crippen LogP contribution in [0.25, 0.3) is 22.8 Å². The number of benzene rings is 3. The lowest BCUT2D eigenvalue weighted by Crippen LogP contribution is -2.05. The Morgan fingerprint density at radius 2 is 1.41 bits per heavy atom. The van der Waals surface area contributed by atoms with E-state index in [0.717, 1.165) is 5.56 Å². The zero-order chi connectivity index (χ0) is 22.5. The zero-order valence-electron chi connectivity index (χ0n) is 17.8. The minimum atomic E-state index is -0.121. The molecule has 1 heterocycles. The average Bonchev–Trinajstić information content (AvgIpc) is 3.30. The van der Waals surface area contributed by atoms with Crippen molar-refractivity contribution in [2.45, 2.75) is 6.92 Å². The molecular weight excluding hydrogens is 410 g/mol. The number of hydrogen-bond donors (Lipinski definition) is 1. The van der Waals surface area contributed by atoms with Crippen molar-refractivity contribution in [3.8, 4) is 45.8 Å². The topological polar surface area (TPSA) is 95.7 Å². The van der Waals surface area contributed by atoms with Gasteiger partial charge in [0.2, 0.25) is 11.7 Å². The van der Waals surface area contributed by atoms with E-state index in [-0.39, 0.29) is 5.91 Å². The molecule has 4 aromatic rings. The van der Waals surface area contributed by atoms with Crippen molar-refractivity contribution in [2.24, 2.45) is 0 Å². The molecule has 3 aromatic carbocycles. The van der Waals surface area contributed by atoms with Gasteiger partial charge in [0.05, 0.1) is 14.2 Å². The summed E-state index contributed by atoms with van der Waals surface area (Å²) in [6.07, 6.45) is 0. The van der Waals surface area contributed by atoms with Crippen molar-refractivity contribution in [3.63, 3.8) is 0 Å². The number of nitrogens with one attached hydrogen (secondary N) is 1. The summed E-state index contributed by atoms with van der Waals surface area (Å²) in [5, 5.41) is 6.79. The fourth-order valence-electron chi connectivity index (χ4n) is 3.01. The third kappa shape index (κ3) is 4.86. The summed E-state index contributed by atoms with van der Waals surface area (Å²) >= 11 is 0. The maximum absolute atomic E-state index is 11.1. The molecule has 1 N–H and O–H groups in total. The Hall–Kier alpha value is -4.33. The number of methoxy groups -OCH3 is 2. The Morgan fingerprint density at radius 1 is 0.812 bits per heavy atom. The normalized spacial score (nSPS) is 10.5. The minimum absolute atomic E-state index is 0.121. The van der Waals surface area contributed by atoms with Crippen molar-refractivity contribution in [1.82, 2.24) is 10.1 Å². The van der Waals surface area contributed by atoms with Gasteiger partial charge >= 0.3 is 0 Å². The summed E-state index contributed by atoms with van der Waals surface area (Å²) in [4.78, 5) is 15.6. The van der Waals surface area contributed by atoms with Crippen LogP contribution in [0.4, 0.5) is 5.69 Å². The van der Waals surface area contributed by atoms with Gasteiger partial charge in [0.25, 0.3) is 5.89 Å². The van der Waals surface area contributed by atoms with Crippen LogP contribution in [0, 0.1) is 0 Å². The number of hydrogen-bond acceptors (Lipinski definition) is 7. The molecule has 4 rings (SSSR count). The van der Waals surface area contributed by atoms with Crippen molar-refractivity contribution in [3.05, 3.63) is 66.7 Å². The largest absolute Gasteiger partial charge is 0.497 e. The molecule has 8 nitrogen and oxygen atoms in total. The average molecular weight is 431 g/mol. The van der Waals surface area contributed by atoms with E-state index in [2.05, 4.69) is 15.5 Å². The second kappa shape index (κ2) is 9.22. The van der Waals surface area contributed by atoms with Gasteiger partial charge in [-0.15, -0.1) is 0 Å². The van der Waals surface area contributed by atoms with Crippen LogP contribution in [-0.2, 0) is 4.79 Å².